The molecule has 0 aliphatic heterocycles. The Morgan fingerprint density at radius 3 is 1.74 bits per heavy atom. The third kappa shape index (κ3) is 5.70. The van der Waals surface area contributed by atoms with Crippen LogP contribution in [0.3, 0.4) is 0 Å². The minimum absolute atomic E-state index is 0.190. The summed E-state index contributed by atoms with van der Waals surface area (Å²) >= 11 is 0. The van der Waals surface area contributed by atoms with Gasteiger partial charge in [0.05, 0.1) is 0 Å². The summed E-state index contributed by atoms with van der Waals surface area (Å²) in [5.41, 5.74) is 0.489. The van der Waals surface area contributed by atoms with E-state index in [1.165, 1.54) is 0 Å². The van der Waals surface area contributed by atoms with Crippen LogP contribution in [-0.4, -0.2) is 10.6 Å². The highest BCUT2D eigenvalue weighted by molar-refractivity contribution is 5.25. The molecular formula is C21H33NO. The topological polar surface area (TPSA) is 22.1 Å². The van der Waals surface area contributed by atoms with Crippen LogP contribution in [0.15, 0.2) is 54.7 Å². The van der Waals surface area contributed by atoms with Crippen LogP contribution in [0.4, 0.5) is 0 Å². The van der Waals surface area contributed by atoms with Gasteiger partial charge in [-0.15, -0.1) is 0 Å². The highest BCUT2D eigenvalue weighted by Crippen LogP contribution is 2.36. The van der Waals surface area contributed by atoms with E-state index in [1.54, 1.807) is 0 Å². The molecule has 23 heavy (non-hydrogen) atoms. The standard InChI is InChI=1S/C17H21NO.2C2H6/c1-16(2,15-12-8-9-13-18-15)17(3,4)19-14-10-6-5-7-11-14;2*1-2/h5-13H,1-4H3;2*1-2H3. The number of hydrogen-bond acceptors (Lipinski definition) is 2. The van der Waals surface area contributed by atoms with Crippen molar-refractivity contribution >= 4 is 0 Å². The highest BCUT2D eigenvalue weighted by Gasteiger charge is 2.41. The van der Waals surface area contributed by atoms with E-state index in [1.807, 2.05) is 76.4 Å². The van der Waals surface area contributed by atoms with Crippen LogP contribution >= 0.6 is 0 Å². The molecule has 0 bridgehead atoms. The molecule has 2 aromatic rings. The Balaban J connectivity index is 0.00000112. The molecule has 0 spiro atoms. The number of pyridine rings is 1. The smallest absolute Gasteiger partial charge is 0.120 e. The first-order valence-corrected chi connectivity index (χ1v) is 8.59. The van der Waals surface area contributed by atoms with Gasteiger partial charge in [0.2, 0.25) is 0 Å². The van der Waals surface area contributed by atoms with Gasteiger partial charge >= 0.3 is 0 Å². The minimum Gasteiger partial charge on any atom is -0.487 e. The molecule has 0 aliphatic rings. The van der Waals surface area contributed by atoms with E-state index < -0.39 is 0 Å². The van der Waals surface area contributed by atoms with Crippen molar-refractivity contribution in [1.82, 2.24) is 4.98 Å². The van der Waals surface area contributed by atoms with Crippen molar-refractivity contribution in [2.75, 3.05) is 0 Å². The molecule has 0 aliphatic carbocycles. The Morgan fingerprint density at radius 2 is 1.26 bits per heavy atom. The Kier molecular flexibility index (Phi) is 9.24. The summed E-state index contributed by atoms with van der Waals surface area (Å²) < 4.78 is 6.18. The van der Waals surface area contributed by atoms with Crippen LogP contribution in [0.25, 0.3) is 0 Å². The minimum atomic E-state index is -0.358. The van der Waals surface area contributed by atoms with Gasteiger partial charge in [-0.05, 0) is 38.1 Å². The second-order valence-corrected chi connectivity index (χ2v) is 5.77. The van der Waals surface area contributed by atoms with E-state index in [9.17, 15) is 0 Å². The molecule has 0 atom stereocenters. The van der Waals surface area contributed by atoms with Gasteiger partial charge < -0.3 is 4.74 Å². The number of aromatic nitrogens is 1. The normalized spacial score (nSPS) is 10.6. The first kappa shape index (κ1) is 21.2. The first-order chi connectivity index (χ1) is 10.9. The SMILES string of the molecule is CC.CC.CC(C)(Oc1ccccc1)C(C)(C)c1ccccn1. The molecule has 2 nitrogen and oxygen atoms in total. The van der Waals surface area contributed by atoms with Crippen LogP contribution < -0.4 is 4.74 Å². The van der Waals surface area contributed by atoms with Gasteiger partial charge in [0.15, 0.2) is 0 Å². The van der Waals surface area contributed by atoms with Crippen LogP contribution in [0, 0.1) is 0 Å². The number of ether oxygens (including phenoxy) is 1. The van der Waals surface area contributed by atoms with Crippen molar-refractivity contribution in [1.29, 1.82) is 0 Å². The van der Waals surface area contributed by atoms with Crippen LogP contribution in [0.1, 0.15) is 61.1 Å². The maximum absolute atomic E-state index is 6.18. The third-order valence-electron chi connectivity index (χ3n) is 3.93. The summed E-state index contributed by atoms with van der Waals surface area (Å²) in [5.74, 6) is 0.886. The Bertz CT molecular complexity index is 518. The zero-order valence-electron chi connectivity index (χ0n) is 16.1. The number of rotatable bonds is 4. The maximum Gasteiger partial charge on any atom is 0.120 e. The molecule has 2 rings (SSSR count). The summed E-state index contributed by atoms with van der Waals surface area (Å²) in [5, 5.41) is 0. The van der Waals surface area contributed by atoms with E-state index >= 15 is 0 Å². The van der Waals surface area contributed by atoms with Crippen molar-refractivity contribution in [3.63, 3.8) is 0 Å². The molecule has 1 aromatic carbocycles. The van der Waals surface area contributed by atoms with Gasteiger partial charge in [-0.2, -0.15) is 0 Å². The lowest BCUT2D eigenvalue weighted by atomic mass is 9.74. The second kappa shape index (κ2) is 10.0. The molecular weight excluding hydrogens is 282 g/mol. The highest BCUT2D eigenvalue weighted by atomic mass is 16.5. The van der Waals surface area contributed by atoms with E-state index in [2.05, 4.69) is 38.7 Å². The van der Waals surface area contributed by atoms with Crippen LogP contribution in [0.2, 0.25) is 0 Å². The van der Waals surface area contributed by atoms with Crippen LogP contribution in [0.5, 0.6) is 5.75 Å². The van der Waals surface area contributed by atoms with Gasteiger partial charge in [0.25, 0.3) is 0 Å². The van der Waals surface area contributed by atoms with Crippen LogP contribution in [-0.2, 0) is 5.41 Å². The quantitative estimate of drug-likeness (QED) is 0.663. The predicted octanol–water partition coefficient (Wildman–Crippen LogP) is 6.27. The second-order valence-electron chi connectivity index (χ2n) is 5.77. The van der Waals surface area contributed by atoms with Gasteiger partial charge in [-0.3, -0.25) is 4.98 Å². The van der Waals surface area contributed by atoms with Gasteiger partial charge in [0, 0.05) is 17.3 Å². The van der Waals surface area contributed by atoms with Crippen molar-refractivity contribution in [3.8, 4) is 5.75 Å². The molecule has 0 N–H and O–H groups in total. The molecule has 1 aromatic heterocycles. The number of para-hydroxylation sites is 1. The summed E-state index contributed by atoms with van der Waals surface area (Å²) in [6.07, 6.45) is 1.83. The largest absolute Gasteiger partial charge is 0.487 e. The van der Waals surface area contributed by atoms with Crippen molar-refractivity contribution in [2.45, 2.75) is 66.4 Å². The van der Waals surface area contributed by atoms with Crippen molar-refractivity contribution < 1.29 is 4.74 Å². The molecule has 2 heteroatoms. The Morgan fingerprint density at radius 1 is 0.739 bits per heavy atom. The summed E-state index contributed by atoms with van der Waals surface area (Å²) in [6.45, 7) is 16.5. The van der Waals surface area contributed by atoms with Gasteiger partial charge in [-0.1, -0.05) is 65.8 Å². The molecule has 0 unspecified atom stereocenters. The predicted molar refractivity (Wildman–Crippen MR) is 101 cm³/mol. The van der Waals surface area contributed by atoms with Gasteiger partial charge in [-0.25, -0.2) is 0 Å². The maximum atomic E-state index is 6.18. The average Bonchev–Trinajstić information content (AvgIpc) is 2.59. The Hall–Kier alpha value is -1.83. The third-order valence-corrected chi connectivity index (χ3v) is 3.93. The lowest BCUT2D eigenvalue weighted by Gasteiger charge is -2.41. The summed E-state index contributed by atoms with van der Waals surface area (Å²) in [7, 11) is 0. The van der Waals surface area contributed by atoms with E-state index in [-0.39, 0.29) is 11.0 Å². The summed E-state index contributed by atoms with van der Waals surface area (Å²) in [6, 6.07) is 15.9. The lowest BCUT2D eigenvalue weighted by molar-refractivity contribution is 0.0337. The van der Waals surface area contributed by atoms with Crippen molar-refractivity contribution in [3.05, 3.63) is 60.4 Å². The fourth-order valence-corrected chi connectivity index (χ4v) is 1.95. The molecule has 0 saturated heterocycles. The monoisotopic (exact) mass is 315 g/mol. The van der Waals surface area contributed by atoms with E-state index in [0.717, 1.165) is 11.4 Å². The number of hydrogen-bond donors (Lipinski definition) is 0. The zero-order valence-corrected chi connectivity index (χ0v) is 16.1. The first-order valence-electron chi connectivity index (χ1n) is 8.59. The molecule has 0 amide bonds. The number of benzene rings is 1. The fourth-order valence-electron chi connectivity index (χ4n) is 1.95. The molecule has 1 heterocycles. The van der Waals surface area contributed by atoms with E-state index in [0.29, 0.717) is 0 Å². The fraction of sp³-hybridized carbons (Fsp3) is 0.476. The molecule has 0 saturated carbocycles. The summed E-state index contributed by atoms with van der Waals surface area (Å²) in [4.78, 5) is 4.48. The lowest BCUT2D eigenvalue weighted by Crippen LogP contribution is -2.48. The van der Waals surface area contributed by atoms with E-state index in [4.69, 9.17) is 4.74 Å². The Labute approximate surface area is 142 Å². The van der Waals surface area contributed by atoms with Crippen molar-refractivity contribution in [2.24, 2.45) is 0 Å². The average molecular weight is 316 g/mol. The molecule has 128 valence electrons. The molecule has 0 radical (unpaired) electrons. The van der Waals surface area contributed by atoms with Gasteiger partial charge in [0.1, 0.15) is 11.4 Å². The number of nitrogens with zero attached hydrogens (tertiary/aromatic N) is 1. The molecule has 0 fully saturated rings. The zero-order chi connectivity index (χ0) is 17.9.